The van der Waals surface area contributed by atoms with Crippen molar-refractivity contribution in [3.05, 3.63) is 74.6 Å². The molecule has 0 spiro atoms. The number of H-pyrrole nitrogens is 1. The van der Waals surface area contributed by atoms with Gasteiger partial charge in [-0.3, -0.25) is 4.79 Å². The van der Waals surface area contributed by atoms with Crippen LogP contribution < -0.4 is 15.6 Å². The Balaban J connectivity index is 1.50. The van der Waals surface area contributed by atoms with Gasteiger partial charge in [0.05, 0.1) is 11.6 Å². The number of esters is 1. The van der Waals surface area contributed by atoms with Crippen molar-refractivity contribution in [2.75, 3.05) is 6.54 Å². The van der Waals surface area contributed by atoms with E-state index in [9.17, 15) is 29.7 Å². The highest BCUT2D eigenvalue weighted by molar-refractivity contribution is 5.91. The molecule has 10 heteroatoms. The van der Waals surface area contributed by atoms with Gasteiger partial charge in [-0.25, -0.2) is 9.59 Å². The Bertz CT molecular complexity index is 1380. The molecule has 1 aliphatic carbocycles. The number of pyridine rings is 1. The normalized spacial score (nSPS) is 15.7. The number of hydrogen-bond donors (Lipinski definition) is 6. The molecule has 1 heterocycles. The van der Waals surface area contributed by atoms with Crippen LogP contribution in [0.4, 0.5) is 0 Å². The van der Waals surface area contributed by atoms with Crippen LogP contribution in [-0.2, 0) is 35.3 Å². The van der Waals surface area contributed by atoms with E-state index in [1.165, 1.54) is 46.5 Å². The zero-order valence-electron chi connectivity index (χ0n) is 21.2. The first-order valence-corrected chi connectivity index (χ1v) is 12.6. The molecule has 6 N–H and O–H groups in total. The van der Waals surface area contributed by atoms with Crippen molar-refractivity contribution in [1.82, 2.24) is 10.3 Å². The highest BCUT2D eigenvalue weighted by Gasteiger charge is 2.32. The zero-order valence-corrected chi connectivity index (χ0v) is 21.2. The monoisotopic (exact) mass is 524 g/mol. The number of aliphatic hydroxyl groups excluding tert-OH is 3. The molecule has 1 aliphatic rings. The fraction of sp³-hybridized carbons (Fsp3) is 0.393. The molecule has 3 atom stereocenters. The van der Waals surface area contributed by atoms with E-state index in [0.717, 1.165) is 25.7 Å². The van der Waals surface area contributed by atoms with Crippen molar-refractivity contribution in [3.8, 4) is 5.75 Å². The van der Waals surface area contributed by atoms with Gasteiger partial charge in [-0.05, 0) is 65.6 Å². The Morgan fingerprint density at radius 3 is 2.21 bits per heavy atom. The molecule has 3 unspecified atom stereocenters. The quantitative estimate of drug-likeness (QED) is 0.168. The number of aliphatic carboxylic acids is 1. The van der Waals surface area contributed by atoms with Crippen LogP contribution in [0.5, 0.6) is 5.75 Å². The van der Waals surface area contributed by atoms with Crippen LogP contribution in [0.1, 0.15) is 47.8 Å². The predicted octanol–water partition coefficient (Wildman–Crippen LogP) is 1.16. The minimum atomic E-state index is -2.37. The third kappa shape index (κ3) is 5.63. The molecule has 0 bridgehead atoms. The van der Waals surface area contributed by atoms with Gasteiger partial charge in [-0.15, -0.1) is 0 Å². The minimum Gasteiger partial charge on any atom is -0.479 e. The number of aromatic amines is 1. The lowest BCUT2D eigenvalue weighted by Crippen LogP contribution is -2.41. The number of nitrogens with one attached hydrogen (secondary N) is 2. The summed E-state index contributed by atoms with van der Waals surface area (Å²) in [5.74, 6) is -3.35. The van der Waals surface area contributed by atoms with Crippen LogP contribution in [-0.4, -0.2) is 62.1 Å². The summed E-state index contributed by atoms with van der Waals surface area (Å²) in [4.78, 5) is 37.6. The molecule has 1 aromatic heterocycles. The maximum absolute atomic E-state index is 12.2. The van der Waals surface area contributed by atoms with Crippen molar-refractivity contribution in [2.45, 2.75) is 63.9 Å². The van der Waals surface area contributed by atoms with Gasteiger partial charge < -0.3 is 35.5 Å². The molecule has 0 saturated carbocycles. The third-order valence-electron chi connectivity index (χ3n) is 7.07. The number of carboxylic acid groups (broad SMARTS) is 1. The molecule has 0 amide bonds. The Hall–Kier alpha value is -3.57. The van der Waals surface area contributed by atoms with Crippen LogP contribution in [0, 0.1) is 0 Å². The molecule has 202 valence electrons. The third-order valence-corrected chi connectivity index (χ3v) is 7.07. The second-order valence-corrected chi connectivity index (χ2v) is 9.54. The number of carbonyl (C=O) groups is 2. The lowest BCUT2D eigenvalue weighted by molar-refractivity contribution is -0.164. The minimum absolute atomic E-state index is 0.0897. The van der Waals surface area contributed by atoms with Crippen LogP contribution >= 0.6 is 0 Å². The smallest absolute Gasteiger partial charge is 0.343 e. The maximum atomic E-state index is 12.2. The summed E-state index contributed by atoms with van der Waals surface area (Å²) in [7, 11) is 0. The topological polar surface area (TPSA) is 169 Å². The first-order valence-electron chi connectivity index (χ1n) is 12.6. The Kier molecular flexibility index (Phi) is 8.27. The van der Waals surface area contributed by atoms with E-state index in [0.29, 0.717) is 10.9 Å². The summed E-state index contributed by atoms with van der Waals surface area (Å²) < 4.78 is 5.09. The first-order chi connectivity index (χ1) is 18.1. The molecule has 3 aromatic rings. The van der Waals surface area contributed by atoms with Crippen molar-refractivity contribution in [3.63, 3.8) is 0 Å². The maximum Gasteiger partial charge on any atom is 0.343 e. The molecule has 38 heavy (non-hydrogen) atoms. The van der Waals surface area contributed by atoms with Gasteiger partial charge in [0.2, 0.25) is 5.56 Å². The summed E-state index contributed by atoms with van der Waals surface area (Å²) in [6.07, 6.45) is -1.93. The summed E-state index contributed by atoms with van der Waals surface area (Å²) >= 11 is 0. The van der Waals surface area contributed by atoms with E-state index in [2.05, 4.69) is 36.3 Å². The van der Waals surface area contributed by atoms with E-state index in [1.807, 2.05) is 0 Å². The number of fused-ring (bicyclic) bond motifs is 2. The van der Waals surface area contributed by atoms with Crippen molar-refractivity contribution >= 4 is 22.8 Å². The number of rotatable bonds is 10. The summed E-state index contributed by atoms with van der Waals surface area (Å²) in [6, 6.07) is 10.4. The molecular formula is C28H32N2O8. The van der Waals surface area contributed by atoms with E-state index >= 15 is 0 Å². The SMILES string of the molecule is CCc1cc2c(cc1CC)CC(NCC(O)c1ccc(OC(=O)C(O)C(O)C(=O)O)c3[nH]c(=O)ccc13)C2. The van der Waals surface area contributed by atoms with Crippen LogP contribution in [0.25, 0.3) is 10.9 Å². The van der Waals surface area contributed by atoms with E-state index in [1.54, 1.807) is 0 Å². The molecule has 0 fully saturated rings. The average molecular weight is 525 g/mol. The van der Waals surface area contributed by atoms with E-state index < -0.39 is 35.8 Å². The molecule has 10 nitrogen and oxygen atoms in total. The van der Waals surface area contributed by atoms with Crippen LogP contribution in [0.15, 0.2) is 41.2 Å². The van der Waals surface area contributed by atoms with Crippen molar-refractivity contribution < 1.29 is 34.8 Å². The van der Waals surface area contributed by atoms with Gasteiger partial charge in [-0.1, -0.05) is 32.0 Å². The standard InChI is InChI=1S/C28H32N2O8/c1-3-14-9-16-11-18(12-17(16)10-15(14)4-2)29-13-21(31)19-5-7-22(24-20(19)6-8-23(32)30-24)38-28(37)26(34)25(33)27(35)36/h5-10,18,21,25-26,29,31,33-34H,3-4,11-13H2,1-2H3,(H,30,32)(H,35,36). The number of hydrogen-bond acceptors (Lipinski definition) is 8. The fourth-order valence-corrected chi connectivity index (χ4v) is 5.02. The number of aromatic nitrogens is 1. The highest BCUT2D eigenvalue weighted by Crippen LogP contribution is 2.31. The number of carboxylic acids is 1. The Morgan fingerprint density at radius 1 is 1.00 bits per heavy atom. The van der Waals surface area contributed by atoms with Gasteiger partial charge in [0.25, 0.3) is 0 Å². The largest absolute Gasteiger partial charge is 0.479 e. The van der Waals surface area contributed by atoms with Gasteiger partial charge in [0.15, 0.2) is 18.0 Å². The molecule has 0 saturated heterocycles. The molecule has 2 aromatic carbocycles. The molecule has 4 rings (SSSR count). The lowest BCUT2D eigenvalue weighted by atomic mass is 9.97. The molecule has 0 radical (unpaired) electrons. The second kappa shape index (κ2) is 11.4. The average Bonchev–Trinajstić information content (AvgIpc) is 3.31. The van der Waals surface area contributed by atoms with Gasteiger partial charge >= 0.3 is 11.9 Å². The van der Waals surface area contributed by atoms with Gasteiger partial charge in [0.1, 0.15) is 0 Å². The van der Waals surface area contributed by atoms with Gasteiger partial charge in [-0.2, -0.15) is 0 Å². The number of carbonyl (C=O) groups excluding carboxylic acids is 1. The predicted molar refractivity (Wildman–Crippen MR) is 139 cm³/mol. The first kappa shape index (κ1) is 27.5. The summed E-state index contributed by atoms with van der Waals surface area (Å²) in [5, 5.41) is 42.9. The number of ether oxygens (including phenoxy) is 1. The number of aliphatic hydroxyl groups is 3. The summed E-state index contributed by atoms with van der Waals surface area (Å²) in [6.45, 7) is 4.57. The number of benzene rings is 2. The van der Waals surface area contributed by atoms with Crippen molar-refractivity contribution in [1.29, 1.82) is 0 Å². The Labute approximate surface area is 218 Å². The van der Waals surface area contributed by atoms with Gasteiger partial charge in [0, 0.05) is 24.0 Å². The fourth-order valence-electron chi connectivity index (χ4n) is 5.02. The van der Waals surface area contributed by atoms with E-state index in [-0.39, 0.29) is 23.9 Å². The Morgan fingerprint density at radius 2 is 1.63 bits per heavy atom. The van der Waals surface area contributed by atoms with E-state index in [4.69, 9.17) is 9.84 Å². The lowest BCUT2D eigenvalue weighted by Gasteiger charge is -2.19. The highest BCUT2D eigenvalue weighted by atomic mass is 16.6. The molecular weight excluding hydrogens is 492 g/mol. The molecule has 0 aliphatic heterocycles. The van der Waals surface area contributed by atoms with Crippen molar-refractivity contribution in [2.24, 2.45) is 0 Å². The van der Waals surface area contributed by atoms with Crippen LogP contribution in [0.3, 0.4) is 0 Å². The summed E-state index contributed by atoms with van der Waals surface area (Å²) in [5.41, 5.74) is 5.48. The zero-order chi connectivity index (χ0) is 27.6. The van der Waals surface area contributed by atoms with Crippen LogP contribution in [0.2, 0.25) is 0 Å². The number of aryl methyl sites for hydroxylation is 2. The second-order valence-electron chi connectivity index (χ2n) is 9.54.